The van der Waals surface area contributed by atoms with E-state index < -0.39 is 6.43 Å². The smallest absolute Gasteiger partial charge is 0.280 e. The van der Waals surface area contributed by atoms with Crippen LogP contribution >= 0.6 is 15.9 Å². The molecule has 0 saturated carbocycles. The second-order valence-electron chi connectivity index (χ2n) is 4.47. The van der Waals surface area contributed by atoms with Crippen LogP contribution in [0.3, 0.4) is 0 Å². The molecule has 0 unspecified atom stereocenters. The summed E-state index contributed by atoms with van der Waals surface area (Å²) in [6.45, 7) is 4.74. The number of nitrogens with one attached hydrogen (secondary N) is 1. The Morgan fingerprint density at radius 3 is 2.68 bits per heavy atom. The summed E-state index contributed by atoms with van der Waals surface area (Å²) in [4.78, 5) is 4.05. The van der Waals surface area contributed by atoms with Gasteiger partial charge in [0, 0.05) is 22.1 Å². The van der Waals surface area contributed by atoms with Gasteiger partial charge in [-0.05, 0) is 53.0 Å². The van der Waals surface area contributed by atoms with E-state index in [9.17, 15) is 8.78 Å². The van der Waals surface area contributed by atoms with E-state index in [-0.39, 0.29) is 5.69 Å². The predicted octanol–water partition coefficient (Wildman–Crippen LogP) is 5.07. The average Bonchev–Trinajstić information content (AvgIpc) is 2.35. The first kappa shape index (κ1) is 14.2. The predicted molar refractivity (Wildman–Crippen MR) is 77.9 cm³/mol. The van der Waals surface area contributed by atoms with Gasteiger partial charge in [-0.3, -0.25) is 0 Å². The normalized spacial score (nSPS) is 11.3. The second-order valence-corrected chi connectivity index (χ2v) is 5.32. The van der Waals surface area contributed by atoms with Crippen molar-refractivity contribution in [1.82, 2.24) is 4.98 Å². The zero-order chi connectivity index (χ0) is 14.0. The molecule has 1 N–H and O–H groups in total. The molecule has 5 heteroatoms. The van der Waals surface area contributed by atoms with Crippen molar-refractivity contribution in [2.45, 2.75) is 26.7 Å². The molecule has 2 rings (SSSR count). The third-order valence-corrected chi connectivity index (χ3v) is 3.42. The van der Waals surface area contributed by atoms with Crippen molar-refractivity contribution in [2.24, 2.45) is 0 Å². The standard InChI is InChI=1S/C14H15BrF2N2/c1-3-4-18-11-7-12(14(16)17)19-13-9(11)5-8(2)6-10(13)15/h5-7,14H,3-4H2,1-2H3,(H,18,19). The van der Waals surface area contributed by atoms with E-state index in [0.717, 1.165) is 28.4 Å². The first-order valence-corrected chi connectivity index (χ1v) is 6.95. The molecule has 0 radical (unpaired) electrons. The lowest BCUT2D eigenvalue weighted by molar-refractivity contribution is 0.146. The number of hydrogen-bond donors (Lipinski definition) is 1. The third kappa shape index (κ3) is 3.03. The minimum absolute atomic E-state index is 0.198. The van der Waals surface area contributed by atoms with Crippen LogP contribution in [0.5, 0.6) is 0 Å². The van der Waals surface area contributed by atoms with Gasteiger partial charge in [0.05, 0.1) is 5.52 Å². The molecule has 1 aromatic carbocycles. The SMILES string of the molecule is CCCNc1cc(C(F)F)nc2c(Br)cc(C)cc12. The topological polar surface area (TPSA) is 24.9 Å². The monoisotopic (exact) mass is 328 g/mol. The van der Waals surface area contributed by atoms with Crippen LogP contribution in [0.25, 0.3) is 10.9 Å². The lowest BCUT2D eigenvalue weighted by Crippen LogP contribution is -2.03. The Kier molecular flexibility index (Phi) is 4.34. The highest BCUT2D eigenvalue weighted by Gasteiger charge is 2.15. The molecule has 1 aromatic heterocycles. The summed E-state index contributed by atoms with van der Waals surface area (Å²) in [5.74, 6) is 0. The highest BCUT2D eigenvalue weighted by Crippen LogP contribution is 2.32. The molecule has 0 atom stereocenters. The van der Waals surface area contributed by atoms with Crippen LogP contribution in [-0.4, -0.2) is 11.5 Å². The van der Waals surface area contributed by atoms with E-state index in [0.29, 0.717) is 11.2 Å². The molecular formula is C14H15BrF2N2. The number of halogens is 3. The van der Waals surface area contributed by atoms with Gasteiger partial charge in [-0.2, -0.15) is 0 Å². The number of anilines is 1. The van der Waals surface area contributed by atoms with Crippen LogP contribution in [0, 0.1) is 6.92 Å². The van der Waals surface area contributed by atoms with Gasteiger partial charge in [-0.25, -0.2) is 13.8 Å². The summed E-state index contributed by atoms with van der Waals surface area (Å²) in [5, 5.41) is 4.06. The first-order chi connectivity index (χ1) is 9.02. The van der Waals surface area contributed by atoms with Gasteiger partial charge in [-0.1, -0.05) is 6.92 Å². The summed E-state index contributed by atoms with van der Waals surface area (Å²) in [6, 6.07) is 5.28. The number of fused-ring (bicyclic) bond motifs is 1. The largest absolute Gasteiger partial charge is 0.384 e. The Labute approximate surface area is 119 Å². The van der Waals surface area contributed by atoms with E-state index in [1.165, 1.54) is 6.07 Å². The minimum Gasteiger partial charge on any atom is -0.384 e. The third-order valence-electron chi connectivity index (χ3n) is 2.82. The van der Waals surface area contributed by atoms with E-state index in [1.54, 1.807) is 0 Å². The fourth-order valence-electron chi connectivity index (χ4n) is 1.96. The van der Waals surface area contributed by atoms with E-state index in [1.807, 2.05) is 26.0 Å². The maximum Gasteiger partial charge on any atom is 0.280 e. The fourth-order valence-corrected chi connectivity index (χ4v) is 2.62. The summed E-state index contributed by atoms with van der Waals surface area (Å²) in [5.41, 5.74) is 2.15. The Morgan fingerprint density at radius 2 is 2.05 bits per heavy atom. The molecule has 0 amide bonds. The van der Waals surface area contributed by atoms with Crippen molar-refractivity contribution >= 4 is 32.5 Å². The van der Waals surface area contributed by atoms with Gasteiger partial charge in [-0.15, -0.1) is 0 Å². The van der Waals surface area contributed by atoms with Crippen molar-refractivity contribution in [2.75, 3.05) is 11.9 Å². The molecule has 0 aliphatic carbocycles. The van der Waals surface area contributed by atoms with Crippen molar-refractivity contribution in [3.63, 3.8) is 0 Å². The molecule has 0 fully saturated rings. The maximum atomic E-state index is 12.9. The van der Waals surface area contributed by atoms with Crippen LogP contribution in [0.1, 0.15) is 31.0 Å². The van der Waals surface area contributed by atoms with Gasteiger partial charge in [0.2, 0.25) is 0 Å². The number of hydrogen-bond acceptors (Lipinski definition) is 2. The molecule has 0 saturated heterocycles. The van der Waals surface area contributed by atoms with Crippen LogP contribution in [0.4, 0.5) is 14.5 Å². The number of benzene rings is 1. The van der Waals surface area contributed by atoms with E-state index >= 15 is 0 Å². The lowest BCUT2D eigenvalue weighted by atomic mass is 10.1. The quantitative estimate of drug-likeness (QED) is 0.847. The van der Waals surface area contributed by atoms with Gasteiger partial charge in [0.1, 0.15) is 5.69 Å². The van der Waals surface area contributed by atoms with Gasteiger partial charge >= 0.3 is 0 Å². The molecule has 102 valence electrons. The summed E-state index contributed by atoms with van der Waals surface area (Å²) < 4.78 is 26.5. The molecule has 2 aromatic rings. The zero-order valence-electron chi connectivity index (χ0n) is 10.8. The summed E-state index contributed by atoms with van der Waals surface area (Å²) in [6.07, 6.45) is -1.64. The first-order valence-electron chi connectivity index (χ1n) is 6.15. The number of alkyl halides is 2. The highest BCUT2D eigenvalue weighted by atomic mass is 79.9. The van der Waals surface area contributed by atoms with Gasteiger partial charge in [0.25, 0.3) is 6.43 Å². The van der Waals surface area contributed by atoms with Gasteiger partial charge < -0.3 is 5.32 Å². The number of aryl methyl sites for hydroxylation is 1. The van der Waals surface area contributed by atoms with Crippen molar-refractivity contribution in [1.29, 1.82) is 0 Å². The van der Waals surface area contributed by atoms with Crippen molar-refractivity contribution in [3.8, 4) is 0 Å². The Morgan fingerprint density at radius 1 is 1.32 bits per heavy atom. The average molecular weight is 329 g/mol. The molecule has 0 aliphatic heterocycles. The summed E-state index contributed by atoms with van der Waals surface area (Å²) >= 11 is 3.40. The molecule has 0 aliphatic rings. The Balaban J connectivity index is 2.67. The molecule has 1 heterocycles. The fraction of sp³-hybridized carbons (Fsp3) is 0.357. The van der Waals surface area contributed by atoms with Gasteiger partial charge in [0.15, 0.2) is 0 Å². The number of aromatic nitrogens is 1. The van der Waals surface area contributed by atoms with Crippen molar-refractivity contribution < 1.29 is 8.78 Å². The molecule has 2 nitrogen and oxygen atoms in total. The van der Waals surface area contributed by atoms with E-state index in [2.05, 4.69) is 26.2 Å². The lowest BCUT2D eigenvalue weighted by Gasteiger charge is -2.13. The van der Waals surface area contributed by atoms with Crippen molar-refractivity contribution in [3.05, 3.63) is 33.9 Å². The minimum atomic E-state index is -2.57. The number of nitrogens with zero attached hydrogens (tertiary/aromatic N) is 1. The van der Waals surface area contributed by atoms with Crippen LogP contribution in [-0.2, 0) is 0 Å². The maximum absolute atomic E-state index is 12.9. The van der Waals surface area contributed by atoms with Crippen LogP contribution in [0.2, 0.25) is 0 Å². The zero-order valence-corrected chi connectivity index (χ0v) is 12.4. The molecule has 0 bridgehead atoms. The van der Waals surface area contributed by atoms with E-state index in [4.69, 9.17) is 0 Å². The molecule has 19 heavy (non-hydrogen) atoms. The Bertz CT molecular complexity index is 600. The number of pyridine rings is 1. The molecular weight excluding hydrogens is 314 g/mol. The van der Waals surface area contributed by atoms with Crippen LogP contribution in [0.15, 0.2) is 22.7 Å². The van der Waals surface area contributed by atoms with Crippen LogP contribution < -0.4 is 5.32 Å². The summed E-state index contributed by atoms with van der Waals surface area (Å²) in [7, 11) is 0. The second kappa shape index (κ2) is 5.82. The molecule has 0 spiro atoms. The highest BCUT2D eigenvalue weighted by molar-refractivity contribution is 9.10. The number of rotatable bonds is 4. The Hall–Kier alpha value is -1.23.